The van der Waals surface area contributed by atoms with Crippen molar-refractivity contribution in [1.29, 1.82) is 0 Å². The van der Waals surface area contributed by atoms with Gasteiger partial charge in [0, 0.05) is 68.4 Å². The van der Waals surface area contributed by atoms with Crippen LogP contribution in [0.25, 0.3) is 0 Å². The van der Waals surface area contributed by atoms with Crippen LogP contribution in [0.2, 0.25) is 10.0 Å². The van der Waals surface area contributed by atoms with Crippen LogP contribution in [0.4, 0.5) is 10.5 Å². The molecule has 42 heavy (non-hydrogen) atoms. The summed E-state index contributed by atoms with van der Waals surface area (Å²) < 4.78 is 25.4. The maximum atomic E-state index is 12.7. The lowest BCUT2D eigenvalue weighted by Crippen LogP contribution is -2.43. The van der Waals surface area contributed by atoms with Crippen LogP contribution in [0, 0.1) is 0 Å². The largest absolute Gasteiger partial charge is 0.755 e. The summed E-state index contributed by atoms with van der Waals surface area (Å²) >= 11 is 9.84. The van der Waals surface area contributed by atoms with Crippen molar-refractivity contribution in [2.45, 2.75) is 25.4 Å². The van der Waals surface area contributed by atoms with Crippen LogP contribution >= 0.6 is 23.2 Å². The van der Waals surface area contributed by atoms with Gasteiger partial charge in [-0.25, -0.2) is 4.79 Å². The number of rotatable bonds is 12. The molecule has 0 radical (unpaired) electrons. The number of carbonyl (C=O) groups excluding carboxylic acids is 3. The number of urea groups is 1. The summed E-state index contributed by atoms with van der Waals surface area (Å²) in [7, 11) is 4.84. The maximum Gasteiger partial charge on any atom is 0.314 e. The second kappa shape index (κ2) is 15.5. The van der Waals surface area contributed by atoms with Gasteiger partial charge in [0.05, 0.1) is 10.0 Å². The molecule has 224 valence electrons. The first-order valence-corrected chi connectivity index (χ1v) is 14.8. The predicted octanol–water partition coefficient (Wildman–Crippen LogP) is 4.16. The van der Waals surface area contributed by atoms with Crippen molar-refractivity contribution in [2.24, 2.45) is 0 Å². The van der Waals surface area contributed by atoms with Gasteiger partial charge in [-0.2, -0.15) is 0 Å². The summed E-state index contributed by atoms with van der Waals surface area (Å²) in [6.07, 6.45) is 0.603. The number of nitrogens with zero attached hydrogens (tertiary/aromatic N) is 2. The molecule has 2 unspecified atom stereocenters. The molecule has 0 saturated carbocycles. The Morgan fingerprint density at radius 2 is 1.60 bits per heavy atom. The highest BCUT2D eigenvalue weighted by molar-refractivity contribution is 7.80. The molecule has 2 atom stereocenters. The lowest BCUT2D eigenvalue weighted by Gasteiger charge is -2.29. The minimum Gasteiger partial charge on any atom is -0.755 e. The monoisotopic (exact) mass is 632 g/mol. The van der Waals surface area contributed by atoms with Crippen LogP contribution in [0.1, 0.15) is 38.3 Å². The molecule has 4 amide bonds. The zero-order valence-electron chi connectivity index (χ0n) is 23.4. The molecule has 0 heterocycles. The molecule has 13 heteroatoms. The van der Waals surface area contributed by atoms with Gasteiger partial charge in [-0.1, -0.05) is 47.5 Å². The lowest BCUT2D eigenvalue weighted by molar-refractivity contribution is 0.0827. The molecule has 0 aromatic heterocycles. The minimum atomic E-state index is -2.61. The summed E-state index contributed by atoms with van der Waals surface area (Å²) in [5.74, 6) is -0.444. The third-order valence-electron chi connectivity index (χ3n) is 6.40. The van der Waals surface area contributed by atoms with Crippen molar-refractivity contribution in [3.63, 3.8) is 0 Å². The highest BCUT2D eigenvalue weighted by Gasteiger charge is 2.18. The summed E-state index contributed by atoms with van der Waals surface area (Å²) in [4.78, 5) is 38.3. The van der Waals surface area contributed by atoms with Crippen LogP contribution in [-0.2, 0) is 24.2 Å². The van der Waals surface area contributed by atoms with E-state index in [0.717, 1.165) is 9.87 Å². The van der Waals surface area contributed by atoms with Gasteiger partial charge in [-0.15, -0.1) is 0 Å². The average molecular weight is 634 g/mol. The fourth-order valence-corrected chi connectivity index (χ4v) is 5.05. The van der Waals surface area contributed by atoms with Crippen molar-refractivity contribution in [2.75, 3.05) is 32.0 Å². The minimum absolute atomic E-state index is 0.0564. The van der Waals surface area contributed by atoms with Crippen LogP contribution in [0.5, 0.6) is 0 Å². The fraction of sp³-hybridized carbons (Fsp3) is 0.276. The van der Waals surface area contributed by atoms with Crippen molar-refractivity contribution < 1.29 is 23.1 Å². The molecule has 0 fully saturated rings. The number of halogens is 2. The molecular weight excluding hydrogens is 601 g/mol. The number of anilines is 1. The highest BCUT2D eigenvalue weighted by Crippen LogP contribution is 2.27. The summed E-state index contributed by atoms with van der Waals surface area (Å²) in [5.41, 5.74) is 2.80. The van der Waals surface area contributed by atoms with Gasteiger partial charge in [-0.3, -0.25) is 13.8 Å². The summed E-state index contributed by atoms with van der Waals surface area (Å²) in [6, 6.07) is 17.4. The maximum absolute atomic E-state index is 12.7. The van der Waals surface area contributed by atoms with E-state index in [1.807, 2.05) is 0 Å². The number of nitrogens with one attached hydrogen (secondary N) is 3. The van der Waals surface area contributed by atoms with Crippen molar-refractivity contribution >= 4 is 58.0 Å². The predicted molar refractivity (Wildman–Crippen MR) is 164 cm³/mol. The second-order valence-electron chi connectivity index (χ2n) is 9.57. The van der Waals surface area contributed by atoms with Crippen molar-refractivity contribution in [3.8, 4) is 0 Å². The van der Waals surface area contributed by atoms with Crippen LogP contribution < -0.4 is 20.3 Å². The number of benzene rings is 3. The fourth-order valence-electron chi connectivity index (χ4n) is 4.10. The Morgan fingerprint density at radius 1 is 0.952 bits per heavy atom. The van der Waals surface area contributed by atoms with E-state index in [4.69, 9.17) is 23.2 Å². The zero-order chi connectivity index (χ0) is 30.8. The van der Waals surface area contributed by atoms with E-state index in [1.54, 1.807) is 68.7 Å². The molecule has 3 aromatic rings. The number of hydrogen-bond acceptors (Lipinski definition) is 5. The molecule has 0 aliphatic rings. The molecular formula is C29H32Cl2N5O5S-. The molecule has 0 saturated heterocycles. The Kier molecular flexibility index (Phi) is 12.2. The topological polar surface area (TPSA) is 134 Å². The Labute approximate surface area is 257 Å². The first kappa shape index (κ1) is 32.9. The SMILES string of the molecule is CNC(=O)NC(CCN(c1ccc(C(=O)NCc2ccc(C(=O)N(C)C)cc2)cc1)S(=O)[O-])Cc1cccc(Cl)c1Cl. The number of amides is 4. The Morgan fingerprint density at radius 3 is 2.19 bits per heavy atom. The molecule has 3 aromatic carbocycles. The van der Waals surface area contributed by atoms with E-state index >= 15 is 0 Å². The first-order chi connectivity index (χ1) is 20.0. The van der Waals surface area contributed by atoms with E-state index in [1.165, 1.54) is 24.1 Å². The molecule has 0 aliphatic heterocycles. The Balaban J connectivity index is 1.64. The molecule has 3 N–H and O–H groups in total. The lowest BCUT2D eigenvalue weighted by atomic mass is 10.0. The van der Waals surface area contributed by atoms with Gasteiger partial charge in [0.1, 0.15) is 0 Å². The quantitative estimate of drug-likeness (QED) is 0.258. The molecule has 0 spiro atoms. The molecule has 0 aliphatic carbocycles. The van der Waals surface area contributed by atoms with Crippen molar-refractivity contribution in [1.82, 2.24) is 20.9 Å². The number of hydrogen-bond donors (Lipinski definition) is 3. The van der Waals surface area contributed by atoms with E-state index in [9.17, 15) is 23.1 Å². The van der Waals surface area contributed by atoms with Crippen LogP contribution in [0.15, 0.2) is 66.7 Å². The normalized spacial score (nSPS) is 12.1. The van der Waals surface area contributed by atoms with E-state index in [2.05, 4.69) is 16.0 Å². The standard InChI is InChI=1S/C29H33Cl2N5O5S/c1-32-29(39)34-23(17-22-5-4-6-25(30)26(22)31)15-16-36(42(40)41)24-13-11-20(12-14-24)27(37)33-18-19-7-9-21(10-8-19)28(38)35(2)3/h4-14,23H,15-18H2,1-3H3,(H,33,37)(H,40,41)(H2,32,34,39)/p-1. The first-order valence-electron chi connectivity index (χ1n) is 13.0. The third kappa shape index (κ3) is 9.18. The van der Waals surface area contributed by atoms with E-state index < -0.39 is 23.3 Å². The number of carbonyl (C=O) groups is 3. The van der Waals surface area contributed by atoms with E-state index in [-0.39, 0.29) is 31.3 Å². The van der Waals surface area contributed by atoms with Gasteiger partial charge >= 0.3 is 6.03 Å². The van der Waals surface area contributed by atoms with Gasteiger partial charge in [0.2, 0.25) is 0 Å². The van der Waals surface area contributed by atoms with Gasteiger partial charge in [0.15, 0.2) is 0 Å². The van der Waals surface area contributed by atoms with Crippen molar-refractivity contribution in [3.05, 3.63) is 99.0 Å². The Hall–Kier alpha value is -3.64. The van der Waals surface area contributed by atoms with E-state index in [0.29, 0.717) is 38.8 Å². The van der Waals surface area contributed by atoms with Gasteiger partial charge in [-0.05, 0) is 66.4 Å². The van der Waals surface area contributed by atoms with Crippen LogP contribution in [0.3, 0.4) is 0 Å². The van der Waals surface area contributed by atoms with Gasteiger partial charge < -0.3 is 29.7 Å². The van der Waals surface area contributed by atoms with Gasteiger partial charge in [0.25, 0.3) is 11.8 Å². The second-order valence-corrected chi connectivity index (χ2v) is 11.2. The molecule has 3 rings (SSSR count). The average Bonchev–Trinajstić information content (AvgIpc) is 2.98. The zero-order valence-corrected chi connectivity index (χ0v) is 25.7. The Bertz CT molecular complexity index is 1420. The molecule has 0 bridgehead atoms. The smallest absolute Gasteiger partial charge is 0.314 e. The summed E-state index contributed by atoms with van der Waals surface area (Å²) in [5, 5.41) is 8.89. The summed E-state index contributed by atoms with van der Waals surface area (Å²) in [6.45, 7) is 0.310. The third-order valence-corrected chi connectivity index (χ3v) is 8.01. The van der Waals surface area contributed by atoms with Crippen LogP contribution in [-0.4, -0.2) is 65.2 Å². The molecule has 10 nitrogen and oxygen atoms in total. The highest BCUT2D eigenvalue weighted by atomic mass is 35.5.